The van der Waals surface area contributed by atoms with Crippen LogP contribution in [0.1, 0.15) is 16.1 Å². The highest BCUT2D eigenvalue weighted by atomic mass is 35.5. The van der Waals surface area contributed by atoms with Crippen molar-refractivity contribution < 1.29 is 17.6 Å². The van der Waals surface area contributed by atoms with E-state index in [0.29, 0.717) is 10.4 Å². The van der Waals surface area contributed by atoms with E-state index in [1.165, 1.54) is 30.7 Å². The zero-order valence-electron chi connectivity index (χ0n) is 16.9. The van der Waals surface area contributed by atoms with E-state index in [4.69, 9.17) is 11.6 Å². The second-order valence-electron chi connectivity index (χ2n) is 7.01. The first-order valence-corrected chi connectivity index (χ1v) is 11.2. The number of aryl methyl sites for hydroxylation is 2. The fraction of sp³-hybridized carbons (Fsp3) is 0.0952. The maximum absolute atomic E-state index is 14.7. The number of nitrogens with zero attached hydrogens (tertiary/aromatic N) is 3. The molecule has 11 heteroatoms. The molecule has 2 aromatic carbocycles. The molecule has 0 saturated carbocycles. The van der Waals surface area contributed by atoms with E-state index in [2.05, 4.69) is 20.0 Å². The molecule has 0 aliphatic rings. The molecule has 0 aliphatic carbocycles. The Morgan fingerprint density at radius 1 is 1.16 bits per heavy atom. The molecule has 4 aromatic rings. The molecule has 0 fully saturated rings. The molecule has 0 aliphatic heterocycles. The molecule has 0 radical (unpaired) electrons. The number of carbonyl (C=O) groups is 1. The van der Waals surface area contributed by atoms with Gasteiger partial charge in [0.15, 0.2) is 5.82 Å². The molecule has 0 spiro atoms. The van der Waals surface area contributed by atoms with Crippen molar-refractivity contribution in [3.8, 4) is 0 Å². The van der Waals surface area contributed by atoms with Crippen LogP contribution in [0, 0.1) is 12.7 Å². The predicted octanol–water partition coefficient (Wildman–Crippen LogP) is 4.12. The number of hydrogen-bond acceptors (Lipinski definition) is 5. The number of nitrogens with one attached hydrogen (secondary N) is 2. The first-order chi connectivity index (χ1) is 15.2. The lowest BCUT2D eigenvalue weighted by molar-refractivity contribution is 0.101. The number of halogens is 2. The van der Waals surface area contributed by atoms with Crippen molar-refractivity contribution in [3.05, 3.63) is 77.1 Å². The maximum atomic E-state index is 14.7. The molecular formula is C21H17ClFN5O3S. The van der Waals surface area contributed by atoms with Gasteiger partial charge in [-0.15, -0.1) is 0 Å². The molecule has 1 amide bonds. The summed E-state index contributed by atoms with van der Waals surface area (Å²) >= 11 is 6.34. The van der Waals surface area contributed by atoms with Crippen LogP contribution in [0.3, 0.4) is 0 Å². The number of carbonyl (C=O) groups excluding carboxylic acids is 1. The Labute approximate surface area is 188 Å². The van der Waals surface area contributed by atoms with E-state index in [-0.39, 0.29) is 22.1 Å². The third-order valence-electron chi connectivity index (χ3n) is 4.89. The Morgan fingerprint density at radius 2 is 1.94 bits per heavy atom. The van der Waals surface area contributed by atoms with E-state index in [0.717, 1.165) is 17.1 Å². The first kappa shape index (κ1) is 21.7. The monoisotopic (exact) mass is 473 g/mol. The van der Waals surface area contributed by atoms with Crippen molar-refractivity contribution in [1.82, 2.24) is 14.5 Å². The summed E-state index contributed by atoms with van der Waals surface area (Å²) in [4.78, 5) is 20.1. The van der Waals surface area contributed by atoms with Gasteiger partial charge in [0, 0.05) is 30.3 Å². The Bertz CT molecular complexity index is 1460. The molecule has 0 atom stereocenters. The van der Waals surface area contributed by atoms with E-state index in [1.807, 2.05) is 19.1 Å². The summed E-state index contributed by atoms with van der Waals surface area (Å²) in [5.74, 6) is -1.48. The third-order valence-corrected chi connectivity index (χ3v) is 6.74. The van der Waals surface area contributed by atoms with Crippen LogP contribution in [0.5, 0.6) is 0 Å². The summed E-state index contributed by atoms with van der Waals surface area (Å²) in [6.07, 6.45) is 3.93. The Hall–Kier alpha value is -3.50. The van der Waals surface area contributed by atoms with Gasteiger partial charge in [-0.05, 0) is 42.8 Å². The summed E-state index contributed by atoms with van der Waals surface area (Å²) < 4.78 is 43.4. The largest absolute Gasteiger partial charge is 0.340 e. The number of hydrogen-bond donors (Lipinski definition) is 2. The van der Waals surface area contributed by atoms with E-state index < -0.39 is 21.7 Å². The highest BCUT2D eigenvalue weighted by molar-refractivity contribution is 7.92. The number of aromatic nitrogens is 3. The Balaban J connectivity index is 1.59. The molecule has 0 bridgehead atoms. The smallest absolute Gasteiger partial charge is 0.272 e. The maximum Gasteiger partial charge on any atom is 0.272 e. The van der Waals surface area contributed by atoms with Crippen molar-refractivity contribution in [2.24, 2.45) is 7.05 Å². The summed E-state index contributed by atoms with van der Waals surface area (Å²) in [6.45, 7) is 1.86. The van der Waals surface area contributed by atoms with Gasteiger partial charge in [-0.3, -0.25) is 14.5 Å². The van der Waals surface area contributed by atoms with Gasteiger partial charge in [0.05, 0.1) is 21.8 Å². The molecule has 2 heterocycles. The van der Waals surface area contributed by atoms with Crippen molar-refractivity contribution >= 4 is 49.9 Å². The van der Waals surface area contributed by atoms with Gasteiger partial charge in [0.2, 0.25) is 0 Å². The fourth-order valence-corrected chi connectivity index (χ4v) is 4.42. The number of rotatable bonds is 5. The molecule has 2 aromatic heterocycles. The first-order valence-electron chi connectivity index (χ1n) is 9.31. The van der Waals surface area contributed by atoms with Gasteiger partial charge in [-0.1, -0.05) is 17.7 Å². The minimum Gasteiger partial charge on any atom is -0.340 e. The van der Waals surface area contributed by atoms with Gasteiger partial charge < -0.3 is 9.88 Å². The van der Waals surface area contributed by atoms with Crippen LogP contribution in [0.4, 0.5) is 15.9 Å². The number of amides is 1. The average Bonchev–Trinajstić information content (AvgIpc) is 3.10. The lowest BCUT2D eigenvalue weighted by Gasteiger charge is -2.10. The second kappa shape index (κ2) is 8.21. The highest BCUT2D eigenvalue weighted by Crippen LogP contribution is 2.30. The average molecular weight is 474 g/mol. The Kier molecular flexibility index (Phi) is 5.57. The van der Waals surface area contributed by atoms with Gasteiger partial charge in [-0.25, -0.2) is 17.8 Å². The quantitative estimate of drug-likeness (QED) is 0.453. The van der Waals surface area contributed by atoms with Crippen LogP contribution in [-0.2, 0) is 17.1 Å². The minimum absolute atomic E-state index is 0.00467. The standard InChI is InChI=1S/C21H17ClFN5O3S/c1-12-3-6-17-14(20(12)22)10-18(28(17)2)21(29)26-16-5-4-13(9-15(16)23)32(30,31)27-19-11-24-7-8-25-19/h3-11H,1-2H3,(H,25,27)(H,26,29). The summed E-state index contributed by atoms with van der Waals surface area (Å²) in [6, 6.07) is 8.49. The third kappa shape index (κ3) is 4.02. The highest BCUT2D eigenvalue weighted by Gasteiger charge is 2.20. The lowest BCUT2D eigenvalue weighted by atomic mass is 10.2. The van der Waals surface area contributed by atoms with Crippen molar-refractivity contribution in [2.75, 3.05) is 10.0 Å². The van der Waals surface area contributed by atoms with Crippen LogP contribution in [0.2, 0.25) is 5.02 Å². The second-order valence-corrected chi connectivity index (χ2v) is 9.07. The molecule has 0 unspecified atom stereocenters. The summed E-state index contributed by atoms with van der Waals surface area (Å²) in [5, 5.41) is 3.72. The number of anilines is 2. The van der Waals surface area contributed by atoms with Gasteiger partial charge in [0.1, 0.15) is 11.5 Å². The van der Waals surface area contributed by atoms with Crippen molar-refractivity contribution in [1.29, 1.82) is 0 Å². The number of benzene rings is 2. The van der Waals surface area contributed by atoms with Crippen LogP contribution < -0.4 is 10.0 Å². The van der Waals surface area contributed by atoms with Gasteiger partial charge >= 0.3 is 0 Å². The van der Waals surface area contributed by atoms with Gasteiger partial charge in [-0.2, -0.15) is 0 Å². The van der Waals surface area contributed by atoms with Crippen molar-refractivity contribution in [3.63, 3.8) is 0 Å². The van der Waals surface area contributed by atoms with Crippen LogP contribution >= 0.6 is 11.6 Å². The number of sulfonamides is 1. The molecule has 32 heavy (non-hydrogen) atoms. The van der Waals surface area contributed by atoms with E-state index >= 15 is 0 Å². The fourth-order valence-electron chi connectivity index (χ4n) is 3.20. The zero-order valence-corrected chi connectivity index (χ0v) is 18.5. The summed E-state index contributed by atoms with van der Waals surface area (Å²) in [5.41, 5.74) is 1.73. The van der Waals surface area contributed by atoms with Crippen LogP contribution in [-0.4, -0.2) is 28.9 Å². The summed E-state index contributed by atoms with van der Waals surface area (Å²) in [7, 11) is -2.39. The molecule has 4 rings (SSSR count). The molecule has 164 valence electrons. The van der Waals surface area contributed by atoms with Gasteiger partial charge in [0.25, 0.3) is 15.9 Å². The lowest BCUT2D eigenvalue weighted by Crippen LogP contribution is -2.17. The van der Waals surface area contributed by atoms with Crippen LogP contribution in [0.15, 0.2) is 59.9 Å². The SMILES string of the molecule is Cc1ccc2c(cc(C(=O)Nc3ccc(S(=O)(=O)Nc4cnccn4)cc3F)n2C)c1Cl. The van der Waals surface area contributed by atoms with E-state index in [9.17, 15) is 17.6 Å². The number of fused-ring (bicyclic) bond motifs is 1. The van der Waals surface area contributed by atoms with Crippen LogP contribution in [0.25, 0.3) is 10.9 Å². The molecule has 0 saturated heterocycles. The molecular weight excluding hydrogens is 457 g/mol. The predicted molar refractivity (Wildman–Crippen MR) is 120 cm³/mol. The minimum atomic E-state index is -4.09. The molecule has 8 nitrogen and oxygen atoms in total. The normalized spacial score (nSPS) is 11.5. The molecule has 2 N–H and O–H groups in total. The van der Waals surface area contributed by atoms with E-state index in [1.54, 1.807) is 17.7 Å². The van der Waals surface area contributed by atoms with Crippen molar-refractivity contribution in [2.45, 2.75) is 11.8 Å². The zero-order chi connectivity index (χ0) is 23.0. The topological polar surface area (TPSA) is 106 Å². The Morgan fingerprint density at radius 3 is 2.62 bits per heavy atom.